The van der Waals surface area contributed by atoms with Gasteiger partial charge in [0.05, 0.1) is 19.0 Å². The van der Waals surface area contributed by atoms with E-state index in [9.17, 15) is 9.59 Å². The number of hydrogen-bond acceptors (Lipinski definition) is 6. The van der Waals surface area contributed by atoms with E-state index in [1.165, 1.54) is 11.3 Å². The normalized spacial score (nSPS) is 15.1. The van der Waals surface area contributed by atoms with Crippen LogP contribution in [-0.4, -0.2) is 59.0 Å². The van der Waals surface area contributed by atoms with E-state index in [2.05, 4.69) is 14.9 Å². The third-order valence-electron chi connectivity index (χ3n) is 5.09. The van der Waals surface area contributed by atoms with E-state index in [-0.39, 0.29) is 11.5 Å². The molecule has 0 saturated carbocycles. The highest BCUT2D eigenvalue weighted by Gasteiger charge is 2.20. The van der Waals surface area contributed by atoms with Crippen molar-refractivity contribution in [2.75, 3.05) is 33.3 Å². The van der Waals surface area contributed by atoms with Gasteiger partial charge in [0.1, 0.15) is 16.4 Å². The number of carbonyl (C=O) groups excluding carboxylic acids is 1. The zero-order valence-corrected chi connectivity index (χ0v) is 16.7. The van der Waals surface area contributed by atoms with Crippen LogP contribution in [0, 0.1) is 0 Å². The Morgan fingerprint density at radius 1 is 1.21 bits per heavy atom. The second kappa shape index (κ2) is 7.73. The third kappa shape index (κ3) is 3.65. The van der Waals surface area contributed by atoms with Gasteiger partial charge in [0.25, 0.3) is 5.56 Å². The summed E-state index contributed by atoms with van der Waals surface area (Å²) in [4.78, 5) is 36.6. The Morgan fingerprint density at radius 2 is 1.93 bits per heavy atom. The van der Waals surface area contributed by atoms with Crippen LogP contribution in [0.1, 0.15) is 12.7 Å². The molecule has 3 aromatic rings. The number of nitrogens with zero attached hydrogens (tertiary/aromatic N) is 3. The molecule has 0 aliphatic carbocycles. The Bertz CT molecular complexity index is 1050. The quantitative estimate of drug-likeness (QED) is 0.730. The van der Waals surface area contributed by atoms with Crippen LogP contribution < -0.4 is 10.3 Å². The Morgan fingerprint density at radius 3 is 2.57 bits per heavy atom. The lowest BCUT2D eigenvalue weighted by molar-refractivity contribution is -0.130. The average Bonchev–Trinajstić information content (AvgIpc) is 3.13. The number of fused-ring (bicyclic) bond motifs is 1. The van der Waals surface area contributed by atoms with Gasteiger partial charge in [-0.25, -0.2) is 4.98 Å². The minimum absolute atomic E-state index is 0.109. The number of aromatic amines is 1. The average molecular weight is 398 g/mol. The molecule has 1 aliphatic rings. The van der Waals surface area contributed by atoms with Gasteiger partial charge < -0.3 is 14.6 Å². The Labute approximate surface area is 166 Å². The first-order valence-electron chi connectivity index (χ1n) is 9.18. The van der Waals surface area contributed by atoms with Crippen molar-refractivity contribution in [1.29, 1.82) is 0 Å². The number of benzene rings is 1. The molecule has 0 radical (unpaired) electrons. The van der Waals surface area contributed by atoms with Crippen molar-refractivity contribution in [3.05, 3.63) is 45.8 Å². The van der Waals surface area contributed by atoms with Gasteiger partial charge in [0, 0.05) is 44.0 Å². The topological polar surface area (TPSA) is 78.5 Å². The van der Waals surface area contributed by atoms with E-state index in [0.29, 0.717) is 30.8 Å². The van der Waals surface area contributed by atoms with Crippen LogP contribution in [-0.2, 0) is 11.3 Å². The first kappa shape index (κ1) is 18.6. The van der Waals surface area contributed by atoms with Gasteiger partial charge in [-0.1, -0.05) is 12.1 Å². The number of nitrogens with one attached hydrogen (secondary N) is 1. The van der Waals surface area contributed by atoms with E-state index >= 15 is 0 Å². The number of methoxy groups -OCH3 is 1. The summed E-state index contributed by atoms with van der Waals surface area (Å²) in [6.45, 7) is 5.16. The summed E-state index contributed by atoms with van der Waals surface area (Å²) >= 11 is 1.48. The molecule has 1 aromatic carbocycles. The molecule has 8 heteroatoms. The second-order valence-corrected chi connectivity index (χ2v) is 7.71. The molecule has 0 bridgehead atoms. The number of aromatic nitrogens is 2. The lowest BCUT2D eigenvalue weighted by Gasteiger charge is -2.33. The zero-order valence-electron chi connectivity index (χ0n) is 15.9. The number of ether oxygens (including phenoxy) is 1. The minimum atomic E-state index is -0.116. The van der Waals surface area contributed by atoms with Crippen LogP contribution in [0.4, 0.5) is 0 Å². The molecule has 0 spiro atoms. The van der Waals surface area contributed by atoms with Crippen molar-refractivity contribution in [2.45, 2.75) is 13.5 Å². The molecule has 1 amide bonds. The molecular weight excluding hydrogens is 376 g/mol. The molecular formula is C20H22N4O3S. The molecule has 7 nitrogen and oxygen atoms in total. The summed E-state index contributed by atoms with van der Waals surface area (Å²) < 4.78 is 5.20. The second-order valence-electron chi connectivity index (χ2n) is 6.85. The highest BCUT2D eigenvalue weighted by molar-refractivity contribution is 7.17. The van der Waals surface area contributed by atoms with Crippen LogP contribution >= 0.6 is 11.3 Å². The van der Waals surface area contributed by atoms with Crippen molar-refractivity contribution in [3.63, 3.8) is 0 Å². The van der Waals surface area contributed by atoms with E-state index in [1.807, 2.05) is 34.5 Å². The molecule has 0 unspecified atom stereocenters. The fourth-order valence-electron chi connectivity index (χ4n) is 3.48. The summed E-state index contributed by atoms with van der Waals surface area (Å²) in [5.74, 6) is 1.55. The van der Waals surface area contributed by atoms with E-state index in [1.54, 1.807) is 14.0 Å². The number of thiophene rings is 1. The largest absolute Gasteiger partial charge is 0.497 e. The number of piperazine rings is 1. The Kier molecular flexibility index (Phi) is 5.15. The molecule has 1 saturated heterocycles. The monoisotopic (exact) mass is 398 g/mol. The van der Waals surface area contributed by atoms with Crippen LogP contribution in [0.3, 0.4) is 0 Å². The van der Waals surface area contributed by atoms with Gasteiger partial charge in [-0.3, -0.25) is 14.5 Å². The number of hydrogen-bond donors (Lipinski definition) is 1. The van der Waals surface area contributed by atoms with Gasteiger partial charge >= 0.3 is 0 Å². The third-order valence-corrected chi connectivity index (χ3v) is 5.96. The molecule has 3 heterocycles. The van der Waals surface area contributed by atoms with Gasteiger partial charge in [-0.2, -0.15) is 0 Å². The van der Waals surface area contributed by atoms with Crippen molar-refractivity contribution in [2.24, 2.45) is 0 Å². The summed E-state index contributed by atoms with van der Waals surface area (Å²) in [5.41, 5.74) is 1.74. The van der Waals surface area contributed by atoms with Gasteiger partial charge in [-0.05, 0) is 17.7 Å². The number of rotatable bonds is 4. The first-order valence-corrected chi connectivity index (χ1v) is 10.1. The number of H-pyrrole nitrogens is 1. The van der Waals surface area contributed by atoms with E-state index in [0.717, 1.165) is 34.8 Å². The first-order chi connectivity index (χ1) is 13.5. The minimum Gasteiger partial charge on any atom is -0.497 e. The predicted molar refractivity (Wildman–Crippen MR) is 110 cm³/mol. The molecule has 28 heavy (non-hydrogen) atoms. The highest BCUT2D eigenvalue weighted by Crippen LogP contribution is 2.31. The summed E-state index contributed by atoms with van der Waals surface area (Å²) in [6.07, 6.45) is 0. The van der Waals surface area contributed by atoms with Gasteiger partial charge in [0.15, 0.2) is 0 Å². The maximum absolute atomic E-state index is 12.8. The van der Waals surface area contributed by atoms with E-state index < -0.39 is 0 Å². The zero-order chi connectivity index (χ0) is 19.7. The van der Waals surface area contributed by atoms with E-state index in [4.69, 9.17) is 4.74 Å². The SMILES string of the molecule is COc1ccc(-c2csc3nc(CN4CCN(C(C)=O)CC4)[nH]c(=O)c23)cc1. The Hall–Kier alpha value is -2.71. The van der Waals surface area contributed by atoms with Gasteiger partial charge in [-0.15, -0.1) is 11.3 Å². The molecule has 1 aliphatic heterocycles. The van der Waals surface area contributed by atoms with Crippen molar-refractivity contribution in [3.8, 4) is 16.9 Å². The van der Waals surface area contributed by atoms with Crippen LogP contribution in [0.25, 0.3) is 21.3 Å². The van der Waals surface area contributed by atoms with Crippen LogP contribution in [0.5, 0.6) is 5.75 Å². The fourth-order valence-corrected chi connectivity index (χ4v) is 4.45. The van der Waals surface area contributed by atoms with Crippen molar-refractivity contribution >= 4 is 27.5 Å². The number of carbonyl (C=O) groups is 1. The van der Waals surface area contributed by atoms with Crippen LogP contribution in [0.15, 0.2) is 34.4 Å². The highest BCUT2D eigenvalue weighted by atomic mass is 32.1. The lowest BCUT2D eigenvalue weighted by atomic mass is 10.1. The maximum atomic E-state index is 12.8. The molecule has 0 atom stereocenters. The van der Waals surface area contributed by atoms with Gasteiger partial charge in [0.2, 0.25) is 5.91 Å². The smallest absolute Gasteiger partial charge is 0.260 e. The standard InChI is InChI=1S/C20H22N4O3S/c1-13(25)24-9-7-23(8-10-24)11-17-21-19(26)18-16(12-28-20(18)22-17)14-3-5-15(27-2)6-4-14/h3-6,12H,7-11H2,1-2H3,(H,21,22,26). The predicted octanol–water partition coefficient (Wildman–Crippen LogP) is 2.32. The van der Waals surface area contributed by atoms with Crippen LogP contribution in [0.2, 0.25) is 0 Å². The Balaban J connectivity index is 1.56. The molecule has 2 aromatic heterocycles. The molecule has 4 rings (SSSR count). The molecule has 1 fully saturated rings. The maximum Gasteiger partial charge on any atom is 0.260 e. The fraction of sp³-hybridized carbons (Fsp3) is 0.350. The summed E-state index contributed by atoms with van der Waals surface area (Å²) in [5, 5.41) is 2.60. The van der Waals surface area contributed by atoms with Crippen molar-refractivity contribution < 1.29 is 9.53 Å². The lowest BCUT2D eigenvalue weighted by Crippen LogP contribution is -2.47. The van der Waals surface area contributed by atoms with Crippen molar-refractivity contribution in [1.82, 2.24) is 19.8 Å². The molecule has 1 N–H and O–H groups in total. The summed E-state index contributed by atoms with van der Waals surface area (Å²) in [6, 6.07) is 7.66. The summed E-state index contributed by atoms with van der Waals surface area (Å²) in [7, 11) is 1.63. The number of amides is 1. The molecule has 146 valence electrons.